The number of ether oxygens (including phenoxy) is 2. The number of fused-ring (bicyclic) bond motifs is 1. The molecule has 0 saturated heterocycles. The van der Waals surface area contributed by atoms with Gasteiger partial charge in [-0.3, -0.25) is 0 Å². The van der Waals surface area contributed by atoms with Gasteiger partial charge >= 0.3 is 5.97 Å². The third-order valence-electron chi connectivity index (χ3n) is 5.85. The van der Waals surface area contributed by atoms with E-state index in [1.807, 2.05) is 79.7 Å². The molecule has 37 heavy (non-hydrogen) atoms. The van der Waals surface area contributed by atoms with E-state index in [1.165, 1.54) is 0 Å². The van der Waals surface area contributed by atoms with Gasteiger partial charge in [0.25, 0.3) is 0 Å². The minimum absolute atomic E-state index is 0.0955. The molecular weight excluding hydrogens is 486 g/mol. The number of terminal acetylenes is 1. The molecule has 1 atom stereocenters. The smallest absolute Gasteiger partial charge is 0.339 e. The number of halogens is 1. The van der Waals surface area contributed by atoms with Crippen LogP contribution in [0.1, 0.15) is 45.8 Å². The average Bonchev–Trinajstić information content (AvgIpc) is 2.91. The first-order chi connectivity index (χ1) is 18.0. The van der Waals surface area contributed by atoms with Gasteiger partial charge in [-0.25, -0.2) is 9.78 Å². The quantitative estimate of drug-likeness (QED) is 0.230. The standard InChI is InChI=1S/C31H26ClNO4/c1-3-16-36-30(20-37-29-15-9-21(4-2)18-27(29)31(34)35)24-7-5-6-22(17-24)8-13-26-14-11-23-10-12-25(32)19-28(23)33-26/h1,5-15,17-19,30H,4,16,20H2,2H3,(H,34,35)/b13-8+. The number of aromatic carboxylic acids is 1. The van der Waals surface area contributed by atoms with Gasteiger partial charge in [0, 0.05) is 10.4 Å². The fourth-order valence-corrected chi connectivity index (χ4v) is 4.05. The molecule has 6 heteroatoms. The van der Waals surface area contributed by atoms with Crippen molar-refractivity contribution in [1.82, 2.24) is 4.98 Å². The maximum absolute atomic E-state index is 11.7. The highest BCUT2D eigenvalue weighted by molar-refractivity contribution is 6.31. The van der Waals surface area contributed by atoms with Crippen molar-refractivity contribution in [3.05, 3.63) is 106 Å². The number of pyridine rings is 1. The summed E-state index contributed by atoms with van der Waals surface area (Å²) in [6, 6.07) is 22.6. The van der Waals surface area contributed by atoms with Gasteiger partial charge in [-0.1, -0.05) is 66.9 Å². The molecule has 0 aliphatic rings. The summed E-state index contributed by atoms with van der Waals surface area (Å²) in [6.07, 6.45) is 9.57. The van der Waals surface area contributed by atoms with Crippen LogP contribution in [0.5, 0.6) is 5.75 Å². The third kappa shape index (κ3) is 6.77. The number of hydrogen-bond acceptors (Lipinski definition) is 4. The van der Waals surface area contributed by atoms with Crippen LogP contribution >= 0.6 is 11.6 Å². The van der Waals surface area contributed by atoms with Crippen molar-refractivity contribution >= 4 is 40.6 Å². The van der Waals surface area contributed by atoms with Gasteiger partial charge in [0.2, 0.25) is 0 Å². The van der Waals surface area contributed by atoms with E-state index in [9.17, 15) is 9.90 Å². The molecule has 1 aromatic heterocycles. The van der Waals surface area contributed by atoms with Crippen molar-refractivity contribution in [2.24, 2.45) is 0 Å². The van der Waals surface area contributed by atoms with Gasteiger partial charge in [-0.15, -0.1) is 6.42 Å². The molecule has 1 unspecified atom stereocenters. The van der Waals surface area contributed by atoms with Crippen LogP contribution in [0.15, 0.2) is 72.8 Å². The molecule has 0 amide bonds. The van der Waals surface area contributed by atoms with Crippen molar-refractivity contribution in [3.8, 4) is 18.1 Å². The van der Waals surface area contributed by atoms with Crippen LogP contribution in [0.2, 0.25) is 5.02 Å². The summed E-state index contributed by atoms with van der Waals surface area (Å²) in [5, 5.41) is 11.3. The maximum atomic E-state index is 11.7. The molecule has 4 aromatic rings. The molecule has 5 nitrogen and oxygen atoms in total. The average molecular weight is 512 g/mol. The second-order valence-electron chi connectivity index (χ2n) is 8.38. The van der Waals surface area contributed by atoms with Gasteiger partial charge in [0.15, 0.2) is 0 Å². The first kappa shape index (κ1) is 26.0. The molecule has 0 fully saturated rings. The number of nitrogens with zero attached hydrogens (tertiary/aromatic N) is 1. The Balaban J connectivity index is 1.54. The predicted octanol–water partition coefficient (Wildman–Crippen LogP) is 7.09. The van der Waals surface area contributed by atoms with Crippen molar-refractivity contribution in [1.29, 1.82) is 0 Å². The topological polar surface area (TPSA) is 68.7 Å². The summed E-state index contributed by atoms with van der Waals surface area (Å²) in [7, 11) is 0. The summed E-state index contributed by atoms with van der Waals surface area (Å²) in [4.78, 5) is 16.4. The van der Waals surface area contributed by atoms with Crippen molar-refractivity contribution in [3.63, 3.8) is 0 Å². The second-order valence-corrected chi connectivity index (χ2v) is 8.82. The highest BCUT2D eigenvalue weighted by Crippen LogP contribution is 2.25. The predicted molar refractivity (Wildman–Crippen MR) is 148 cm³/mol. The van der Waals surface area contributed by atoms with Crippen molar-refractivity contribution in [2.45, 2.75) is 19.4 Å². The molecule has 0 bridgehead atoms. The third-order valence-corrected chi connectivity index (χ3v) is 6.08. The van der Waals surface area contributed by atoms with Gasteiger partial charge in [-0.2, -0.15) is 0 Å². The van der Waals surface area contributed by atoms with E-state index in [4.69, 9.17) is 27.5 Å². The first-order valence-electron chi connectivity index (χ1n) is 11.8. The Morgan fingerprint density at radius 3 is 2.73 bits per heavy atom. The zero-order valence-corrected chi connectivity index (χ0v) is 21.1. The van der Waals surface area contributed by atoms with Crippen LogP contribution < -0.4 is 4.74 Å². The molecule has 4 rings (SSSR count). The minimum atomic E-state index is -1.04. The Morgan fingerprint density at radius 2 is 1.95 bits per heavy atom. The highest BCUT2D eigenvalue weighted by Gasteiger charge is 2.17. The van der Waals surface area contributed by atoms with E-state index in [1.54, 1.807) is 12.1 Å². The molecule has 3 aromatic carbocycles. The van der Waals surface area contributed by atoms with Crippen molar-refractivity contribution < 1.29 is 19.4 Å². The van der Waals surface area contributed by atoms with Gasteiger partial charge in [-0.05, 0) is 65.6 Å². The molecular formula is C31H26ClNO4. The number of carboxylic acids is 1. The summed E-state index contributed by atoms with van der Waals surface area (Å²) >= 11 is 6.11. The lowest BCUT2D eigenvalue weighted by Crippen LogP contribution is -2.16. The highest BCUT2D eigenvalue weighted by atomic mass is 35.5. The number of carbonyl (C=O) groups is 1. The Labute approximate surface area is 221 Å². The van der Waals surface area contributed by atoms with E-state index in [2.05, 4.69) is 10.9 Å². The van der Waals surface area contributed by atoms with E-state index in [-0.39, 0.29) is 24.5 Å². The van der Waals surface area contributed by atoms with Crippen LogP contribution in [-0.4, -0.2) is 29.3 Å². The summed E-state index contributed by atoms with van der Waals surface area (Å²) in [5.41, 5.74) is 4.48. The monoisotopic (exact) mass is 511 g/mol. The van der Waals surface area contributed by atoms with Crippen LogP contribution in [-0.2, 0) is 11.2 Å². The van der Waals surface area contributed by atoms with Crippen LogP contribution in [0.3, 0.4) is 0 Å². The summed E-state index contributed by atoms with van der Waals surface area (Å²) in [5.74, 6) is 1.74. The molecule has 1 N–H and O–H groups in total. The molecule has 0 radical (unpaired) electrons. The number of aryl methyl sites for hydroxylation is 1. The number of aromatic nitrogens is 1. The molecule has 0 aliphatic carbocycles. The normalized spacial score (nSPS) is 11.9. The van der Waals surface area contributed by atoms with Crippen LogP contribution in [0, 0.1) is 12.3 Å². The number of carboxylic acid groups (broad SMARTS) is 1. The van der Waals surface area contributed by atoms with Gasteiger partial charge < -0.3 is 14.6 Å². The number of hydrogen-bond donors (Lipinski definition) is 1. The van der Waals surface area contributed by atoms with Crippen LogP contribution in [0.4, 0.5) is 0 Å². The van der Waals surface area contributed by atoms with Gasteiger partial charge in [0.05, 0.1) is 11.2 Å². The lowest BCUT2D eigenvalue weighted by Gasteiger charge is -2.19. The number of rotatable bonds is 10. The van der Waals surface area contributed by atoms with Crippen molar-refractivity contribution in [2.75, 3.05) is 13.2 Å². The lowest BCUT2D eigenvalue weighted by molar-refractivity contribution is 0.0375. The summed E-state index contributed by atoms with van der Waals surface area (Å²) in [6.45, 7) is 2.17. The molecule has 0 spiro atoms. The molecule has 1 heterocycles. The molecule has 0 saturated carbocycles. The summed E-state index contributed by atoms with van der Waals surface area (Å²) < 4.78 is 11.8. The zero-order chi connectivity index (χ0) is 26.2. The second kappa shape index (κ2) is 12.2. The van der Waals surface area contributed by atoms with E-state index >= 15 is 0 Å². The SMILES string of the molecule is C#CCOC(COc1ccc(CC)cc1C(=O)O)c1cccc(/C=C/c2ccc3ccc(Cl)cc3n2)c1. The van der Waals surface area contributed by atoms with E-state index < -0.39 is 12.1 Å². The zero-order valence-electron chi connectivity index (χ0n) is 20.4. The fourth-order valence-electron chi connectivity index (χ4n) is 3.89. The maximum Gasteiger partial charge on any atom is 0.339 e. The fraction of sp³-hybridized carbons (Fsp3) is 0.161. The number of benzene rings is 3. The Bertz CT molecular complexity index is 1490. The van der Waals surface area contributed by atoms with E-state index in [0.717, 1.165) is 39.7 Å². The molecule has 0 aliphatic heterocycles. The Morgan fingerprint density at radius 1 is 1.11 bits per heavy atom. The minimum Gasteiger partial charge on any atom is -0.490 e. The Hall–Kier alpha value is -4.11. The Kier molecular flexibility index (Phi) is 8.58. The first-order valence-corrected chi connectivity index (χ1v) is 12.2. The van der Waals surface area contributed by atoms with E-state index in [0.29, 0.717) is 5.02 Å². The largest absolute Gasteiger partial charge is 0.490 e. The van der Waals surface area contributed by atoms with Crippen LogP contribution in [0.25, 0.3) is 23.1 Å². The van der Waals surface area contributed by atoms with Gasteiger partial charge in [0.1, 0.15) is 30.6 Å². The molecule has 186 valence electrons. The lowest BCUT2D eigenvalue weighted by atomic mass is 10.1.